The Morgan fingerprint density at radius 3 is 2.56 bits per heavy atom. The van der Waals surface area contributed by atoms with Gasteiger partial charge in [-0.25, -0.2) is 4.68 Å². The first-order valence-corrected chi connectivity index (χ1v) is 12.2. The molecule has 0 aliphatic heterocycles. The van der Waals surface area contributed by atoms with E-state index < -0.39 is 6.04 Å². The molecule has 0 spiro atoms. The lowest BCUT2D eigenvalue weighted by atomic mass is 10.0. The number of nitrogens with zero attached hydrogens (tertiary/aromatic N) is 4. The number of hydrogen-bond donors (Lipinski definition) is 1. The van der Waals surface area contributed by atoms with Crippen LogP contribution in [0.3, 0.4) is 0 Å². The second-order valence-corrected chi connectivity index (χ2v) is 9.00. The van der Waals surface area contributed by atoms with Crippen LogP contribution in [0.15, 0.2) is 78.9 Å². The lowest BCUT2D eigenvalue weighted by molar-refractivity contribution is -0.127. The fraction of sp³-hybridized carbons (Fsp3) is 0.286. The number of carbonyl (C=O) groups is 2. The van der Waals surface area contributed by atoms with Crippen LogP contribution in [0.5, 0.6) is 5.75 Å². The molecule has 0 saturated heterocycles. The lowest BCUT2D eigenvalue weighted by Crippen LogP contribution is -2.47. The number of carbonyl (C=O) groups excluding carboxylic acids is 2. The summed E-state index contributed by atoms with van der Waals surface area (Å²) in [6, 6.07) is 23.3. The molecule has 8 heteroatoms. The molecule has 1 N–H and O–H groups in total. The predicted molar refractivity (Wildman–Crippen MR) is 138 cm³/mol. The Morgan fingerprint density at radius 2 is 1.78 bits per heavy atom. The maximum atomic E-state index is 14.0. The first kappa shape index (κ1) is 23.5. The Balaban J connectivity index is 1.56. The van der Waals surface area contributed by atoms with Crippen LogP contribution in [-0.2, 0) is 16.1 Å². The van der Waals surface area contributed by atoms with Crippen LogP contribution < -0.4 is 15.0 Å². The number of para-hydroxylation sites is 2. The highest BCUT2D eigenvalue weighted by atomic mass is 16.5. The minimum Gasteiger partial charge on any atom is -0.497 e. The van der Waals surface area contributed by atoms with Crippen LogP contribution in [-0.4, -0.2) is 40.0 Å². The van der Waals surface area contributed by atoms with Gasteiger partial charge in [-0.05, 0) is 54.8 Å². The van der Waals surface area contributed by atoms with Crippen LogP contribution in [0.4, 0.5) is 5.69 Å². The van der Waals surface area contributed by atoms with Gasteiger partial charge in [-0.1, -0.05) is 60.5 Å². The first-order valence-electron chi connectivity index (χ1n) is 12.2. The van der Waals surface area contributed by atoms with Crippen molar-refractivity contribution < 1.29 is 14.3 Å². The van der Waals surface area contributed by atoms with Gasteiger partial charge in [-0.2, -0.15) is 0 Å². The summed E-state index contributed by atoms with van der Waals surface area (Å²) in [4.78, 5) is 29.4. The van der Waals surface area contributed by atoms with Crippen molar-refractivity contribution in [2.45, 2.75) is 44.3 Å². The van der Waals surface area contributed by atoms with Crippen molar-refractivity contribution in [3.63, 3.8) is 0 Å². The molecule has 1 aliphatic rings. The molecule has 4 aromatic rings. The highest BCUT2D eigenvalue weighted by molar-refractivity contribution is 6.01. The van der Waals surface area contributed by atoms with Gasteiger partial charge in [0.05, 0.1) is 12.6 Å². The number of benzene rings is 3. The molecule has 184 valence electrons. The predicted octanol–water partition coefficient (Wildman–Crippen LogP) is 4.27. The summed E-state index contributed by atoms with van der Waals surface area (Å²) in [5.74, 6) is 0.135. The van der Waals surface area contributed by atoms with Gasteiger partial charge in [0.15, 0.2) is 0 Å². The van der Waals surface area contributed by atoms with Crippen molar-refractivity contribution in [2.75, 3.05) is 12.0 Å². The van der Waals surface area contributed by atoms with E-state index in [-0.39, 0.29) is 24.4 Å². The molecule has 5 rings (SSSR count). The Labute approximate surface area is 209 Å². The number of anilines is 1. The topological polar surface area (TPSA) is 89.4 Å². The smallest absolute Gasteiger partial charge is 0.249 e. The summed E-state index contributed by atoms with van der Waals surface area (Å²) in [6.07, 6.45) is 4.08. The molecular weight excluding hydrogens is 454 g/mol. The van der Waals surface area contributed by atoms with Crippen LogP contribution >= 0.6 is 0 Å². The van der Waals surface area contributed by atoms with Crippen molar-refractivity contribution in [1.29, 1.82) is 0 Å². The fourth-order valence-electron chi connectivity index (χ4n) is 4.84. The van der Waals surface area contributed by atoms with Gasteiger partial charge >= 0.3 is 0 Å². The lowest BCUT2D eigenvalue weighted by Gasteiger charge is -2.32. The maximum absolute atomic E-state index is 14.0. The molecule has 1 atom stereocenters. The van der Waals surface area contributed by atoms with E-state index in [2.05, 4.69) is 15.6 Å². The molecule has 2 amide bonds. The van der Waals surface area contributed by atoms with E-state index in [9.17, 15) is 9.59 Å². The monoisotopic (exact) mass is 483 g/mol. The zero-order valence-corrected chi connectivity index (χ0v) is 20.2. The minimum atomic E-state index is -0.884. The maximum Gasteiger partial charge on any atom is 0.249 e. The highest BCUT2D eigenvalue weighted by Gasteiger charge is 2.34. The van der Waals surface area contributed by atoms with Crippen LogP contribution in [0, 0.1) is 0 Å². The van der Waals surface area contributed by atoms with Crippen molar-refractivity contribution in [3.05, 3.63) is 84.4 Å². The quantitative estimate of drug-likeness (QED) is 0.404. The first-order chi connectivity index (χ1) is 17.6. The van der Waals surface area contributed by atoms with Crippen molar-refractivity contribution >= 4 is 28.5 Å². The summed E-state index contributed by atoms with van der Waals surface area (Å²) in [5.41, 5.74) is 2.76. The third kappa shape index (κ3) is 4.93. The minimum absolute atomic E-state index is 0.0629. The number of fused-ring (bicyclic) bond motifs is 1. The Hall–Kier alpha value is -4.20. The standard InChI is InChI=1S/C28H29N5O3/c1-36-23-15-9-10-20(18-23)27(28(35)29-21-11-5-6-12-21)33(22-13-3-2-4-14-22)26(34)19-32-25-17-8-7-16-24(25)30-31-32/h2-4,7-10,13-18,21,27H,5-6,11-12,19H2,1H3,(H,29,35). The van der Waals surface area contributed by atoms with Gasteiger partial charge in [0.2, 0.25) is 11.8 Å². The average Bonchev–Trinajstić information content (AvgIpc) is 3.57. The number of rotatable bonds is 8. The van der Waals surface area contributed by atoms with Gasteiger partial charge in [0, 0.05) is 11.7 Å². The largest absolute Gasteiger partial charge is 0.497 e. The molecule has 3 aromatic carbocycles. The Bertz CT molecular complexity index is 1350. The Morgan fingerprint density at radius 1 is 1.03 bits per heavy atom. The molecule has 1 fully saturated rings. The normalized spacial score (nSPS) is 14.5. The van der Waals surface area contributed by atoms with E-state index >= 15 is 0 Å². The molecule has 0 bridgehead atoms. The Kier molecular flexibility index (Phi) is 6.93. The van der Waals surface area contributed by atoms with Gasteiger partial charge in [-0.3, -0.25) is 14.5 Å². The number of amides is 2. The summed E-state index contributed by atoms with van der Waals surface area (Å²) in [6.45, 7) is -0.0629. The third-order valence-electron chi connectivity index (χ3n) is 6.63. The van der Waals surface area contributed by atoms with Gasteiger partial charge < -0.3 is 10.1 Å². The van der Waals surface area contributed by atoms with E-state index in [0.29, 0.717) is 22.5 Å². The summed E-state index contributed by atoms with van der Waals surface area (Å²) >= 11 is 0. The van der Waals surface area contributed by atoms with Crippen molar-refractivity contribution in [1.82, 2.24) is 20.3 Å². The van der Waals surface area contributed by atoms with E-state index in [1.165, 1.54) is 0 Å². The number of ether oxygens (including phenoxy) is 1. The van der Waals surface area contributed by atoms with Crippen molar-refractivity contribution in [2.24, 2.45) is 0 Å². The number of aromatic nitrogens is 3. The zero-order chi connectivity index (χ0) is 24.9. The average molecular weight is 484 g/mol. The zero-order valence-electron chi connectivity index (χ0n) is 20.2. The molecule has 1 saturated carbocycles. The van der Waals surface area contributed by atoms with Gasteiger partial charge in [-0.15, -0.1) is 5.10 Å². The van der Waals surface area contributed by atoms with E-state index in [1.54, 1.807) is 16.7 Å². The third-order valence-corrected chi connectivity index (χ3v) is 6.63. The summed E-state index contributed by atoms with van der Waals surface area (Å²) < 4.78 is 7.01. The molecule has 1 heterocycles. The molecule has 36 heavy (non-hydrogen) atoms. The second-order valence-electron chi connectivity index (χ2n) is 9.00. The number of nitrogens with one attached hydrogen (secondary N) is 1. The van der Waals surface area contributed by atoms with Crippen LogP contribution in [0.25, 0.3) is 11.0 Å². The number of hydrogen-bond acceptors (Lipinski definition) is 5. The SMILES string of the molecule is COc1cccc(C(C(=O)NC2CCCC2)N(C(=O)Cn2nnc3ccccc32)c2ccccc2)c1. The fourth-order valence-corrected chi connectivity index (χ4v) is 4.84. The molecule has 1 aromatic heterocycles. The number of methoxy groups -OCH3 is 1. The van der Waals surface area contributed by atoms with Crippen LogP contribution in [0.2, 0.25) is 0 Å². The molecule has 0 radical (unpaired) electrons. The molecule has 1 unspecified atom stereocenters. The highest BCUT2D eigenvalue weighted by Crippen LogP contribution is 2.31. The van der Waals surface area contributed by atoms with Crippen molar-refractivity contribution in [3.8, 4) is 5.75 Å². The van der Waals surface area contributed by atoms with E-state index in [0.717, 1.165) is 31.2 Å². The van der Waals surface area contributed by atoms with Gasteiger partial charge in [0.25, 0.3) is 0 Å². The van der Waals surface area contributed by atoms with E-state index in [1.807, 2.05) is 78.9 Å². The van der Waals surface area contributed by atoms with Gasteiger partial charge in [0.1, 0.15) is 23.9 Å². The summed E-state index contributed by atoms with van der Waals surface area (Å²) in [7, 11) is 1.59. The molecule has 8 nitrogen and oxygen atoms in total. The molecule has 1 aliphatic carbocycles. The van der Waals surface area contributed by atoms with Crippen LogP contribution in [0.1, 0.15) is 37.3 Å². The van der Waals surface area contributed by atoms with E-state index in [4.69, 9.17) is 4.74 Å². The summed E-state index contributed by atoms with van der Waals surface area (Å²) in [5, 5.41) is 11.6. The molecular formula is C28H29N5O3. The second kappa shape index (κ2) is 10.6.